The molecular weight excluding hydrogens is 250 g/mol. The number of hydrogen-bond acceptors (Lipinski definition) is 5. The van der Waals surface area contributed by atoms with Crippen LogP contribution >= 0.6 is 0 Å². The summed E-state index contributed by atoms with van der Waals surface area (Å²) in [6, 6.07) is 5.24. The maximum atomic E-state index is 11.1. The SMILES string of the molecule is N#Cc1cc(N2CCC[C@H]2C(=O)O)ccc1[N+](=O)[O-]. The second kappa shape index (κ2) is 4.94. The topological polar surface area (TPSA) is 107 Å². The molecule has 7 heteroatoms. The van der Waals surface area contributed by atoms with E-state index < -0.39 is 16.9 Å². The molecule has 1 saturated heterocycles. The van der Waals surface area contributed by atoms with E-state index in [0.29, 0.717) is 18.7 Å². The fourth-order valence-electron chi connectivity index (χ4n) is 2.28. The van der Waals surface area contributed by atoms with Crippen molar-refractivity contribution >= 4 is 17.3 Å². The number of carboxylic acid groups (broad SMARTS) is 1. The van der Waals surface area contributed by atoms with E-state index in [1.54, 1.807) is 11.0 Å². The molecule has 0 amide bonds. The number of nitrogens with zero attached hydrogens (tertiary/aromatic N) is 3. The van der Waals surface area contributed by atoms with Gasteiger partial charge in [-0.1, -0.05) is 0 Å². The van der Waals surface area contributed by atoms with Crippen LogP contribution in [0.5, 0.6) is 0 Å². The third kappa shape index (κ3) is 2.33. The molecule has 1 aliphatic rings. The summed E-state index contributed by atoms with van der Waals surface area (Å²) in [5.41, 5.74) is 0.211. The van der Waals surface area contributed by atoms with Crippen molar-refractivity contribution in [1.82, 2.24) is 0 Å². The van der Waals surface area contributed by atoms with Gasteiger partial charge in [-0.25, -0.2) is 4.79 Å². The minimum absolute atomic E-state index is 0.0569. The molecule has 0 spiro atoms. The zero-order valence-corrected chi connectivity index (χ0v) is 9.94. The lowest BCUT2D eigenvalue weighted by atomic mass is 10.1. The van der Waals surface area contributed by atoms with Crippen molar-refractivity contribution in [3.8, 4) is 6.07 Å². The highest BCUT2D eigenvalue weighted by molar-refractivity contribution is 5.79. The largest absolute Gasteiger partial charge is 0.480 e. The van der Waals surface area contributed by atoms with Crippen molar-refractivity contribution in [1.29, 1.82) is 5.26 Å². The number of hydrogen-bond donors (Lipinski definition) is 1. The molecule has 1 atom stereocenters. The van der Waals surface area contributed by atoms with Gasteiger partial charge in [0.05, 0.1) is 4.92 Å². The fourth-order valence-corrected chi connectivity index (χ4v) is 2.28. The lowest BCUT2D eigenvalue weighted by molar-refractivity contribution is -0.385. The average Bonchev–Trinajstić information content (AvgIpc) is 2.87. The molecule has 0 saturated carbocycles. The highest BCUT2D eigenvalue weighted by Crippen LogP contribution is 2.29. The first kappa shape index (κ1) is 12.8. The summed E-state index contributed by atoms with van der Waals surface area (Å²) >= 11 is 0. The smallest absolute Gasteiger partial charge is 0.326 e. The van der Waals surface area contributed by atoms with Gasteiger partial charge in [-0.05, 0) is 25.0 Å². The summed E-state index contributed by atoms with van der Waals surface area (Å²) in [6.45, 7) is 0.569. The lowest BCUT2D eigenvalue weighted by Gasteiger charge is -2.23. The Bertz CT molecular complexity index is 579. The van der Waals surface area contributed by atoms with Crippen molar-refractivity contribution in [2.45, 2.75) is 18.9 Å². The van der Waals surface area contributed by atoms with E-state index in [-0.39, 0.29) is 11.3 Å². The molecule has 7 nitrogen and oxygen atoms in total. The quantitative estimate of drug-likeness (QED) is 0.652. The number of benzene rings is 1. The Hall–Kier alpha value is -2.62. The molecular formula is C12H11N3O4. The number of nitro benzene ring substituents is 1. The van der Waals surface area contributed by atoms with Crippen LogP contribution in [0, 0.1) is 21.4 Å². The van der Waals surface area contributed by atoms with Crippen LogP contribution < -0.4 is 4.90 Å². The molecule has 2 rings (SSSR count). The van der Waals surface area contributed by atoms with Gasteiger partial charge in [-0.3, -0.25) is 10.1 Å². The monoisotopic (exact) mass is 261 g/mol. The summed E-state index contributed by atoms with van der Waals surface area (Å²) in [6.07, 6.45) is 1.28. The Labute approximate surface area is 108 Å². The maximum Gasteiger partial charge on any atom is 0.326 e. The molecule has 0 aliphatic carbocycles. The number of nitriles is 1. The van der Waals surface area contributed by atoms with E-state index >= 15 is 0 Å². The molecule has 1 aromatic rings. The van der Waals surface area contributed by atoms with Gasteiger partial charge in [0.15, 0.2) is 0 Å². The molecule has 19 heavy (non-hydrogen) atoms. The fraction of sp³-hybridized carbons (Fsp3) is 0.333. The third-order valence-electron chi connectivity index (χ3n) is 3.17. The van der Waals surface area contributed by atoms with Crippen molar-refractivity contribution in [2.24, 2.45) is 0 Å². The first-order chi connectivity index (χ1) is 9.04. The lowest BCUT2D eigenvalue weighted by Crippen LogP contribution is -2.35. The summed E-state index contributed by atoms with van der Waals surface area (Å²) in [7, 11) is 0. The average molecular weight is 261 g/mol. The van der Waals surface area contributed by atoms with Gasteiger partial charge in [-0.2, -0.15) is 5.26 Å². The van der Waals surface area contributed by atoms with Crippen LogP contribution in [0.2, 0.25) is 0 Å². The zero-order chi connectivity index (χ0) is 14.0. The number of rotatable bonds is 3. The maximum absolute atomic E-state index is 11.1. The molecule has 1 aliphatic heterocycles. The minimum Gasteiger partial charge on any atom is -0.480 e. The van der Waals surface area contributed by atoms with E-state index in [0.717, 1.165) is 6.42 Å². The number of anilines is 1. The Morgan fingerprint density at radius 2 is 2.32 bits per heavy atom. The number of carbonyl (C=O) groups is 1. The summed E-state index contributed by atoms with van der Waals surface area (Å²) in [4.78, 5) is 22.9. The van der Waals surface area contributed by atoms with Crippen LogP contribution in [-0.2, 0) is 4.79 Å². The molecule has 1 aromatic carbocycles. The van der Waals surface area contributed by atoms with Crippen LogP contribution in [0.15, 0.2) is 18.2 Å². The van der Waals surface area contributed by atoms with Crippen molar-refractivity contribution in [2.75, 3.05) is 11.4 Å². The standard InChI is InChI=1S/C12H11N3O4/c13-7-8-6-9(3-4-10(8)15(18)19)14-5-1-2-11(14)12(16)17/h3-4,6,11H,1-2,5H2,(H,16,17)/t11-/m0/s1. The Kier molecular flexibility index (Phi) is 3.33. The van der Waals surface area contributed by atoms with Gasteiger partial charge >= 0.3 is 5.97 Å². The minimum atomic E-state index is -0.922. The van der Waals surface area contributed by atoms with Gasteiger partial charge < -0.3 is 10.0 Å². The summed E-state index contributed by atoms with van der Waals surface area (Å²) in [5, 5.41) is 28.8. The Balaban J connectivity index is 2.39. The van der Waals surface area contributed by atoms with E-state index in [2.05, 4.69) is 0 Å². The van der Waals surface area contributed by atoms with Crippen molar-refractivity contribution in [3.05, 3.63) is 33.9 Å². The molecule has 98 valence electrons. The predicted molar refractivity (Wildman–Crippen MR) is 65.8 cm³/mol. The van der Waals surface area contributed by atoms with Crippen LogP contribution in [-0.4, -0.2) is 28.6 Å². The zero-order valence-electron chi connectivity index (χ0n) is 9.94. The van der Waals surface area contributed by atoms with Crippen LogP contribution in [0.4, 0.5) is 11.4 Å². The summed E-state index contributed by atoms with van der Waals surface area (Å²) < 4.78 is 0. The predicted octanol–water partition coefficient (Wildman–Crippen LogP) is 1.52. The van der Waals surface area contributed by atoms with Crippen LogP contribution in [0.25, 0.3) is 0 Å². The number of carboxylic acids is 1. The first-order valence-corrected chi connectivity index (χ1v) is 5.72. The van der Waals surface area contributed by atoms with Crippen molar-refractivity contribution in [3.63, 3.8) is 0 Å². The van der Waals surface area contributed by atoms with Crippen LogP contribution in [0.3, 0.4) is 0 Å². The van der Waals surface area contributed by atoms with E-state index in [1.165, 1.54) is 18.2 Å². The second-order valence-corrected chi connectivity index (χ2v) is 4.26. The van der Waals surface area contributed by atoms with Gasteiger partial charge in [0.1, 0.15) is 17.7 Å². The first-order valence-electron chi connectivity index (χ1n) is 5.72. The van der Waals surface area contributed by atoms with E-state index in [4.69, 9.17) is 10.4 Å². The summed E-state index contributed by atoms with van der Waals surface area (Å²) in [5.74, 6) is -0.922. The van der Waals surface area contributed by atoms with Crippen molar-refractivity contribution < 1.29 is 14.8 Å². The second-order valence-electron chi connectivity index (χ2n) is 4.26. The number of aliphatic carboxylic acids is 1. The molecule has 0 radical (unpaired) electrons. The Morgan fingerprint density at radius 1 is 1.58 bits per heavy atom. The molecule has 0 bridgehead atoms. The molecule has 1 heterocycles. The van der Waals surface area contributed by atoms with Gasteiger partial charge in [0.25, 0.3) is 5.69 Å². The van der Waals surface area contributed by atoms with Gasteiger partial charge in [0.2, 0.25) is 0 Å². The van der Waals surface area contributed by atoms with Gasteiger partial charge in [0, 0.05) is 18.3 Å². The third-order valence-corrected chi connectivity index (χ3v) is 3.17. The molecule has 0 unspecified atom stereocenters. The highest BCUT2D eigenvalue weighted by Gasteiger charge is 2.31. The van der Waals surface area contributed by atoms with Gasteiger partial charge in [-0.15, -0.1) is 0 Å². The number of nitro groups is 1. The van der Waals surface area contributed by atoms with Crippen LogP contribution in [0.1, 0.15) is 18.4 Å². The molecule has 1 N–H and O–H groups in total. The Morgan fingerprint density at radius 3 is 2.89 bits per heavy atom. The van der Waals surface area contributed by atoms with E-state index in [1.807, 2.05) is 0 Å². The molecule has 1 fully saturated rings. The normalized spacial score (nSPS) is 18.1. The highest BCUT2D eigenvalue weighted by atomic mass is 16.6. The molecule has 0 aromatic heterocycles. The van der Waals surface area contributed by atoms with E-state index in [9.17, 15) is 14.9 Å².